The van der Waals surface area contributed by atoms with Crippen LogP contribution in [0.5, 0.6) is 0 Å². The van der Waals surface area contributed by atoms with Gasteiger partial charge in [-0.05, 0) is 18.2 Å². The van der Waals surface area contributed by atoms with Crippen LogP contribution in [0.25, 0.3) is 0 Å². The Morgan fingerprint density at radius 1 is 1.50 bits per heavy atom. The van der Waals surface area contributed by atoms with Crippen LogP contribution in [0.1, 0.15) is 5.56 Å². The number of halogens is 1. The average Bonchev–Trinajstić information content (AvgIpc) is 2.16. The molecule has 0 aliphatic heterocycles. The summed E-state index contributed by atoms with van der Waals surface area (Å²) in [5.41, 5.74) is 6.12. The molecule has 1 rings (SSSR count). The SMILES string of the molecule is CNS(=O)(=O)Nc1cc(Cl)ccc1C(N)=S. The van der Waals surface area contributed by atoms with Gasteiger partial charge in [-0.3, -0.25) is 4.72 Å². The van der Waals surface area contributed by atoms with Gasteiger partial charge in [0, 0.05) is 17.6 Å². The molecule has 0 aliphatic rings. The molecule has 0 amide bonds. The Kier molecular flexibility index (Phi) is 4.09. The van der Waals surface area contributed by atoms with Crippen molar-refractivity contribution in [3.05, 3.63) is 28.8 Å². The van der Waals surface area contributed by atoms with E-state index in [0.717, 1.165) is 0 Å². The van der Waals surface area contributed by atoms with Crippen molar-refractivity contribution in [3.63, 3.8) is 0 Å². The molecule has 0 aliphatic carbocycles. The summed E-state index contributed by atoms with van der Waals surface area (Å²) >= 11 is 10.6. The van der Waals surface area contributed by atoms with Crippen LogP contribution in [0.15, 0.2) is 18.2 Å². The molecule has 1 aromatic rings. The summed E-state index contributed by atoms with van der Waals surface area (Å²) < 4.78 is 27.0. The summed E-state index contributed by atoms with van der Waals surface area (Å²) in [6, 6.07) is 4.57. The van der Waals surface area contributed by atoms with Crippen LogP contribution < -0.4 is 15.2 Å². The summed E-state index contributed by atoms with van der Waals surface area (Å²) in [5, 5.41) is 0.383. The number of nitrogens with two attached hydrogens (primary N) is 1. The minimum atomic E-state index is -3.62. The second-order valence-corrected chi connectivity index (χ2v) is 5.36. The molecule has 0 atom stereocenters. The highest BCUT2D eigenvalue weighted by Gasteiger charge is 2.12. The van der Waals surface area contributed by atoms with Gasteiger partial charge in [0.1, 0.15) is 4.99 Å². The zero-order chi connectivity index (χ0) is 12.3. The van der Waals surface area contributed by atoms with Crippen molar-refractivity contribution in [2.24, 2.45) is 5.73 Å². The van der Waals surface area contributed by atoms with Gasteiger partial charge in [-0.15, -0.1) is 0 Å². The predicted molar refractivity (Wildman–Crippen MR) is 68.9 cm³/mol. The molecule has 0 unspecified atom stereocenters. The van der Waals surface area contributed by atoms with Crippen molar-refractivity contribution >= 4 is 44.7 Å². The second-order valence-electron chi connectivity index (χ2n) is 2.86. The third-order valence-corrected chi connectivity index (χ3v) is 3.24. The summed E-state index contributed by atoms with van der Waals surface area (Å²) in [7, 11) is -2.33. The zero-order valence-corrected chi connectivity index (χ0v) is 10.7. The van der Waals surface area contributed by atoms with Gasteiger partial charge in [-0.25, -0.2) is 4.72 Å². The van der Waals surface area contributed by atoms with E-state index in [1.54, 1.807) is 12.1 Å². The lowest BCUT2D eigenvalue weighted by atomic mass is 10.2. The van der Waals surface area contributed by atoms with Crippen LogP contribution in [0.3, 0.4) is 0 Å². The number of thiocarbonyl (C=S) groups is 1. The quantitative estimate of drug-likeness (QED) is 0.714. The fourth-order valence-corrected chi connectivity index (χ4v) is 1.92. The van der Waals surface area contributed by atoms with Gasteiger partial charge in [0.2, 0.25) is 0 Å². The highest BCUT2D eigenvalue weighted by Crippen LogP contribution is 2.21. The molecule has 4 N–H and O–H groups in total. The number of rotatable bonds is 4. The molecule has 0 heterocycles. The Bertz CT molecular complexity index is 516. The van der Waals surface area contributed by atoms with Gasteiger partial charge in [0.05, 0.1) is 5.69 Å². The second kappa shape index (κ2) is 4.96. The van der Waals surface area contributed by atoms with Gasteiger partial charge >= 0.3 is 0 Å². The maximum absolute atomic E-state index is 11.3. The van der Waals surface area contributed by atoms with E-state index in [-0.39, 0.29) is 10.7 Å². The van der Waals surface area contributed by atoms with Gasteiger partial charge < -0.3 is 5.73 Å². The largest absolute Gasteiger partial charge is 0.389 e. The number of hydrogen-bond donors (Lipinski definition) is 3. The maximum Gasteiger partial charge on any atom is 0.298 e. The van der Waals surface area contributed by atoms with E-state index < -0.39 is 10.2 Å². The molecule has 0 aromatic heterocycles. The lowest BCUT2D eigenvalue weighted by Crippen LogP contribution is -2.27. The van der Waals surface area contributed by atoms with E-state index in [1.807, 2.05) is 0 Å². The predicted octanol–water partition coefficient (Wildman–Crippen LogP) is 0.850. The molecule has 0 radical (unpaired) electrons. The molecule has 0 saturated carbocycles. The lowest BCUT2D eigenvalue weighted by molar-refractivity contribution is 0.593. The van der Waals surface area contributed by atoms with Gasteiger partial charge in [0.15, 0.2) is 0 Å². The van der Waals surface area contributed by atoms with E-state index in [2.05, 4.69) is 9.44 Å². The number of anilines is 1. The Morgan fingerprint density at radius 3 is 2.62 bits per heavy atom. The van der Waals surface area contributed by atoms with Crippen LogP contribution in [0.4, 0.5) is 5.69 Å². The molecule has 16 heavy (non-hydrogen) atoms. The van der Waals surface area contributed by atoms with Crippen LogP contribution in [0.2, 0.25) is 5.02 Å². The Morgan fingerprint density at radius 2 is 2.12 bits per heavy atom. The number of nitrogens with one attached hydrogen (secondary N) is 2. The minimum Gasteiger partial charge on any atom is -0.389 e. The van der Waals surface area contributed by atoms with E-state index >= 15 is 0 Å². The first-order chi connectivity index (χ1) is 7.35. The zero-order valence-electron chi connectivity index (χ0n) is 8.32. The smallest absolute Gasteiger partial charge is 0.298 e. The van der Waals surface area contributed by atoms with Crippen LogP contribution in [-0.2, 0) is 10.2 Å². The highest BCUT2D eigenvalue weighted by atomic mass is 35.5. The number of hydrogen-bond acceptors (Lipinski definition) is 3. The third kappa shape index (κ3) is 3.31. The first kappa shape index (κ1) is 13.2. The molecule has 88 valence electrons. The highest BCUT2D eigenvalue weighted by molar-refractivity contribution is 7.90. The Balaban J connectivity index is 3.21. The molecule has 5 nitrogen and oxygen atoms in total. The molecular formula is C8H10ClN3O2S2. The standard InChI is InChI=1S/C8H10ClN3O2S2/c1-11-16(13,14)12-7-4-5(9)2-3-6(7)8(10)15/h2-4,11-12H,1H3,(H2,10,15). The summed E-state index contributed by atoms with van der Waals surface area (Å²) in [6.45, 7) is 0. The minimum absolute atomic E-state index is 0.0884. The third-order valence-electron chi connectivity index (χ3n) is 1.76. The van der Waals surface area contributed by atoms with Crippen molar-refractivity contribution in [2.75, 3.05) is 11.8 Å². The monoisotopic (exact) mass is 279 g/mol. The summed E-state index contributed by atoms with van der Waals surface area (Å²) in [4.78, 5) is 0.0884. The normalized spacial score (nSPS) is 11.1. The van der Waals surface area contributed by atoms with Crippen molar-refractivity contribution in [3.8, 4) is 0 Å². The summed E-state index contributed by atoms with van der Waals surface area (Å²) in [6.07, 6.45) is 0. The van der Waals surface area contributed by atoms with Crippen LogP contribution in [0, 0.1) is 0 Å². The van der Waals surface area contributed by atoms with Crippen molar-refractivity contribution in [1.82, 2.24) is 4.72 Å². The topological polar surface area (TPSA) is 84.2 Å². The fourth-order valence-electron chi connectivity index (χ4n) is 1.01. The maximum atomic E-state index is 11.3. The lowest BCUT2D eigenvalue weighted by Gasteiger charge is -2.11. The Labute approximate surface area is 104 Å². The molecule has 8 heteroatoms. The number of benzene rings is 1. The summed E-state index contributed by atoms with van der Waals surface area (Å²) in [5.74, 6) is 0. The molecule has 1 aromatic carbocycles. The van der Waals surface area contributed by atoms with E-state index in [1.165, 1.54) is 13.1 Å². The van der Waals surface area contributed by atoms with E-state index in [0.29, 0.717) is 10.6 Å². The molecular weight excluding hydrogens is 270 g/mol. The molecule has 0 fully saturated rings. The molecule has 0 saturated heterocycles. The molecule has 0 bridgehead atoms. The molecule has 0 spiro atoms. The fraction of sp³-hybridized carbons (Fsp3) is 0.125. The van der Waals surface area contributed by atoms with Crippen molar-refractivity contribution < 1.29 is 8.42 Å². The van der Waals surface area contributed by atoms with Crippen molar-refractivity contribution in [2.45, 2.75) is 0 Å². The van der Waals surface area contributed by atoms with Gasteiger partial charge in [-0.1, -0.05) is 23.8 Å². The average molecular weight is 280 g/mol. The van der Waals surface area contributed by atoms with Gasteiger partial charge in [-0.2, -0.15) is 8.42 Å². The van der Waals surface area contributed by atoms with Crippen LogP contribution in [-0.4, -0.2) is 20.5 Å². The first-order valence-corrected chi connectivity index (χ1v) is 6.43. The van der Waals surface area contributed by atoms with Crippen molar-refractivity contribution in [1.29, 1.82) is 0 Å². The van der Waals surface area contributed by atoms with E-state index in [9.17, 15) is 8.42 Å². The van der Waals surface area contributed by atoms with Crippen LogP contribution >= 0.6 is 23.8 Å². The van der Waals surface area contributed by atoms with Gasteiger partial charge in [0.25, 0.3) is 10.2 Å². The van der Waals surface area contributed by atoms with E-state index in [4.69, 9.17) is 29.6 Å². The first-order valence-electron chi connectivity index (χ1n) is 4.16. The Hall–Kier alpha value is -0.890.